The second-order valence-corrected chi connectivity index (χ2v) is 9.47. The number of hydrogen-bond acceptors (Lipinski definition) is 6. The van der Waals surface area contributed by atoms with Gasteiger partial charge in [0.2, 0.25) is 0 Å². The van der Waals surface area contributed by atoms with Crippen molar-refractivity contribution in [1.29, 1.82) is 5.26 Å². The Morgan fingerprint density at radius 1 is 0.951 bits per heavy atom. The van der Waals surface area contributed by atoms with Gasteiger partial charge in [0, 0.05) is 52.1 Å². The van der Waals surface area contributed by atoms with E-state index in [1.807, 2.05) is 0 Å². The Morgan fingerprint density at radius 2 is 1.73 bits per heavy atom. The van der Waals surface area contributed by atoms with Gasteiger partial charge in [0.1, 0.15) is 17.4 Å². The smallest absolute Gasteiger partial charge is 0.256 e. The molecular formula is C31H23ClN6O3. The fourth-order valence-electron chi connectivity index (χ4n) is 4.28. The number of amides is 2. The lowest BCUT2D eigenvalue weighted by molar-refractivity contribution is 0.0953. The third-order valence-corrected chi connectivity index (χ3v) is 6.54. The molecule has 41 heavy (non-hydrogen) atoms. The molecule has 0 aliphatic heterocycles. The van der Waals surface area contributed by atoms with Gasteiger partial charge >= 0.3 is 0 Å². The third-order valence-electron chi connectivity index (χ3n) is 6.30. The van der Waals surface area contributed by atoms with E-state index >= 15 is 0 Å². The number of para-hydroxylation sites is 1. The lowest BCUT2D eigenvalue weighted by Gasteiger charge is -2.15. The maximum atomic E-state index is 13.1. The quantitative estimate of drug-likeness (QED) is 0.194. The van der Waals surface area contributed by atoms with Crippen LogP contribution in [0.2, 0.25) is 5.02 Å². The molecule has 0 fully saturated rings. The molecule has 2 amide bonds. The van der Waals surface area contributed by atoms with E-state index in [2.05, 4.69) is 31.7 Å². The van der Waals surface area contributed by atoms with Crippen LogP contribution in [-0.2, 0) is 6.42 Å². The molecule has 5 aromatic rings. The van der Waals surface area contributed by atoms with E-state index in [0.717, 1.165) is 5.69 Å². The number of anilines is 1. The minimum atomic E-state index is -0.512. The number of aromatic hydroxyl groups is 1. The molecule has 9 nitrogen and oxygen atoms in total. The number of carbonyl (C=O) groups is 2. The predicted octanol–water partition coefficient (Wildman–Crippen LogP) is 5.59. The Kier molecular flexibility index (Phi) is 8.04. The third kappa shape index (κ3) is 6.24. The van der Waals surface area contributed by atoms with Crippen LogP contribution in [0.3, 0.4) is 0 Å². The number of rotatable bonds is 8. The van der Waals surface area contributed by atoms with Crippen molar-refractivity contribution in [3.63, 3.8) is 0 Å². The van der Waals surface area contributed by atoms with Crippen LogP contribution in [0.25, 0.3) is 22.4 Å². The second kappa shape index (κ2) is 12.2. The number of imidazole rings is 1. The van der Waals surface area contributed by atoms with Crippen molar-refractivity contribution < 1.29 is 14.7 Å². The van der Waals surface area contributed by atoms with E-state index in [4.69, 9.17) is 11.6 Å². The summed E-state index contributed by atoms with van der Waals surface area (Å²) >= 11 is 6.06. The molecule has 202 valence electrons. The number of carbonyl (C=O) groups excluding carboxylic acids is 2. The van der Waals surface area contributed by atoms with Crippen LogP contribution < -0.4 is 10.6 Å². The van der Waals surface area contributed by atoms with Gasteiger partial charge in [-0.25, -0.2) is 9.97 Å². The number of aromatic nitrogens is 3. The summed E-state index contributed by atoms with van der Waals surface area (Å²) in [6.07, 6.45) is 3.87. The van der Waals surface area contributed by atoms with Crippen molar-refractivity contribution in [2.24, 2.45) is 0 Å². The maximum Gasteiger partial charge on any atom is 0.256 e. The first-order chi connectivity index (χ1) is 19.9. The van der Waals surface area contributed by atoms with Gasteiger partial charge in [0.05, 0.1) is 12.0 Å². The fourth-order valence-corrected chi connectivity index (χ4v) is 4.47. The number of nitriles is 1. The molecule has 10 heteroatoms. The standard InChI is InChI=1S/C31H23ClN6O3/c32-22-8-4-7-21(14-22)31(41)38-29-26(16-33)25(15-27(37-29)24-9-1-2-10-28(24)39)19-5-3-6-20(13-19)30(40)35-12-11-23-17-34-18-36-23/h1-10,13-15,17-18,39H,11-12H2,(H,34,36)(H,35,40)(H,37,38,41). The molecule has 0 spiro atoms. The molecule has 4 N–H and O–H groups in total. The number of H-pyrrole nitrogens is 1. The number of phenolic OH excluding ortho intramolecular Hbond substituents is 1. The van der Waals surface area contributed by atoms with Crippen LogP contribution in [0.1, 0.15) is 32.0 Å². The minimum absolute atomic E-state index is 0.00244. The average molecular weight is 563 g/mol. The predicted molar refractivity (Wildman–Crippen MR) is 156 cm³/mol. The summed E-state index contributed by atoms with van der Waals surface area (Å²) in [6.45, 7) is 0.404. The molecule has 0 saturated heterocycles. The van der Waals surface area contributed by atoms with Crippen LogP contribution in [0, 0.1) is 11.3 Å². The van der Waals surface area contributed by atoms with Crippen molar-refractivity contribution in [2.45, 2.75) is 6.42 Å². The largest absolute Gasteiger partial charge is 0.507 e. The van der Waals surface area contributed by atoms with Gasteiger partial charge in [-0.05, 0) is 54.1 Å². The molecule has 0 radical (unpaired) electrons. The molecule has 0 atom stereocenters. The number of nitrogens with one attached hydrogen (secondary N) is 3. The van der Waals surface area contributed by atoms with Gasteiger partial charge in [-0.3, -0.25) is 9.59 Å². The first kappa shape index (κ1) is 27.1. The van der Waals surface area contributed by atoms with Crippen molar-refractivity contribution in [2.75, 3.05) is 11.9 Å². The Balaban J connectivity index is 1.53. The lowest BCUT2D eigenvalue weighted by Crippen LogP contribution is -2.25. The van der Waals surface area contributed by atoms with Crippen molar-refractivity contribution >= 4 is 29.2 Å². The molecule has 0 saturated carbocycles. The van der Waals surface area contributed by atoms with Gasteiger partial charge in [0.25, 0.3) is 11.8 Å². The first-order valence-corrected chi connectivity index (χ1v) is 13.0. The summed E-state index contributed by atoms with van der Waals surface area (Å²) in [5.74, 6) is -0.813. The van der Waals surface area contributed by atoms with Crippen LogP contribution in [-0.4, -0.2) is 38.4 Å². The zero-order valence-electron chi connectivity index (χ0n) is 21.6. The number of halogens is 1. The van der Waals surface area contributed by atoms with E-state index in [9.17, 15) is 20.0 Å². The zero-order chi connectivity index (χ0) is 28.8. The van der Waals surface area contributed by atoms with Crippen LogP contribution in [0.5, 0.6) is 5.75 Å². The van der Waals surface area contributed by atoms with Crippen LogP contribution >= 0.6 is 11.6 Å². The van der Waals surface area contributed by atoms with E-state index < -0.39 is 5.91 Å². The van der Waals surface area contributed by atoms with Crippen molar-refractivity contribution in [1.82, 2.24) is 20.3 Å². The van der Waals surface area contributed by atoms with Crippen LogP contribution in [0.4, 0.5) is 5.82 Å². The maximum absolute atomic E-state index is 13.1. The zero-order valence-corrected chi connectivity index (χ0v) is 22.3. The normalized spacial score (nSPS) is 10.5. The summed E-state index contributed by atoms with van der Waals surface area (Å²) in [5, 5.41) is 26.7. The molecule has 2 aromatic heterocycles. The van der Waals surface area contributed by atoms with E-state index in [1.54, 1.807) is 79.3 Å². The number of hydrogen-bond donors (Lipinski definition) is 4. The summed E-state index contributed by atoms with van der Waals surface area (Å²) in [7, 11) is 0. The number of pyridine rings is 1. The van der Waals surface area contributed by atoms with E-state index in [-0.39, 0.29) is 28.6 Å². The van der Waals surface area contributed by atoms with Gasteiger partial charge in [-0.2, -0.15) is 5.26 Å². The molecule has 0 unspecified atom stereocenters. The molecule has 0 bridgehead atoms. The number of benzene rings is 3. The Hall–Kier alpha value is -5.46. The Labute approximate surface area is 240 Å². The highest BCUT2D eigenvalue weighted by Crippen LogP contribution is 2.35. The summed E-state index contributed by atoms with van der Waals surface area (Å²) in [4.78, 5) is 37.5. The molecule has 3 aromatic carbocycles. The average Bonchev–Trinajstić information content (AvgIpc) is 3.50. The minimum Gasteiger partial charge on any atom is -0.507 e. The van der Waals surface area contributed by atoms with E-state index in [1.165, 1.54) is 12.1 Å². The lowest BCUT2D eigenvalue weighted by atomic mass is 9.96. The monoisotopic (exact) mass is 562 g/mol. The number of nitrogens with zero attached hydrogens (tertiary/aromatic N) is 3. The summed E-state index contributed by atoms with van der Waals surface area (Å²) in [6, 6.07) is 23.6. The molecular weight excluding hydrogens is 540 g/mol. The fraction of sp³-hybridized carbons (Fsp3) is 0.0645. The van der Waals surface area contributed by atoms with E-state index in [0.29, 0.717) is 45.9 Å². The first-order valence-electron chi connectivity index (χ1n) is 12.6. The topological polar surface area (TPSA) is 144 Å². The van der Waals surface area contributed by atoms with Gasteiger partial charge in [-0.15, -0.1) is 0 Å². The Morgan fingerprint density at radius 3 is 2.46 bits per heavy atom. The SMILES string of the molecule is N#Cc1c(-c2cccc(C(=O)NCCc3cnc[nH]3)c2)cc(-c2ccccc2O)nc1NC(=O)c1cccc(Cl)c1. The van der Waals surface area contributed by atoms with Crippen molar-refractivity contribution in [3.8, 4) is 34.2 Å². The molecule has 2 heterocycles. The molecule has 0 aliphatic rings. The number of phenols is 1. The Bertz CT molecular complexity index is 1780. The highest BCUT2D eigenvalue weighted by atomic mass is 35.5. The summed E-state index contributed by atoms with van der Waals surface area (Å²) in [5.41, 5.74) is 3.38. The highest BCUT2D eigenvalue weighted by Gasteiger charge is 2.20. The number of aromatic amines is 1. The van der Waals surface area contributed by atoms with Crippen molar-refractivity contribution in [3.05, 3.63) is 119 Å². The van der Waals surface area contributed by atoms with Crippen LogP contribution in [0.15, 0.2) is 91.4 Å². The molecule has 5 rings (SSSR count). The van der Waals surface area contributed by atoms with Gasteiger partial charge in [0.15, 0.2) is 5.82 Å². The second-order valence-electron chi connectivity index (χ2n) is 9.04. The summed E-state index contributed by atoms with van der Waals surface area (Å²) < 4.78 is 0. The van der Waals surface area contributed by atoms with Gasteiger partial charge in [-0.1, -0.05) is 41.9 Å². The molecule has 0 aliphatic carbocycles. The van der Waals surface area contributed by atoms with Gasteiger partial charge < -0.3 is 20.7 Å². The highest BCUT2D eigenvalue weighted by molar-refractivity contribution is 6.31.